The molecule has 1 aromatic heterocycles. The van der Waals surface area contributed by atoms with Crippen LogP contribution in [-0.2, 0) is 11.3 Å². The van der Waals surface area contributed by atoms with Crippen molar-refractivity contribution in [2.75, 3.05) is 18.5 Å². The number of aromatic nitrogens is 2. The Hall–Kier alpha value is -1.50. The van der Waals surface area contributed by atoms with Gasteiger partial charge in [0.15, 0.2) is 0 Å². The predicted octanol–water partition coefficient (Wildman–Crippen LogP) is 0.447. The van der Waals surface area contributed by atoms with E-state index in [1.54, 1.807) is 13.1 Å². The van der Waals surface area contributed by atoms with Crippen molar-refractivity contribution in [3.8, 4) is 0 Å². The van der Waals surface area contributed by atoms with E-state index in [0.29, 0.717) is 18.1 Å². The van der Waals surface area contributed by atoms with Gasteiger partial charge in [-0.25, -0.2) is 4.79 Å². The molecule has 2 N–H and O–H groups in total. The second kappa shape index (κ2) is 3.82. The number of anilines is 1. The monoisotopic (exact) mass is 287 g/mol. The minimum atomic E-state index is -1.04. The second-order valence-corrected chi connectivity index (χ2v) is 4.61. The van der Waals surface area contributed by atoms with Crippen molar-refractivity contribution in [1.82, 2.24) is 9.55 Å². The zero-order valence-electron chi connectivity index (χ0n) is 8.53. The Labute approximate surface area is 99.3 Å². The van der Waals surface area contributed by atoms with Crippen molar-refractivity contribution >= 4 is 33.8 Å². The van der Waals surface area contributed by atoms with Crippen LogP contribution in [0.15, 0.2) is 9.28 Å². The average molecular weight is 288 g/mol. The highest BCUT2D eigenvalue weighted by molar-refractivity contribution is 9.11. The van der Waals surface area contributed by atoms with Gasteiger partial charge in [-0.15, -0.1) is 0 Å². The average Bonchev–Trinajstić information content (AvgIpc) is 2.41. The van der Waals surface area contributed by atoms with Crippen LogP contribution in [0.5, 0.6) is 0 Å². The first-order chi connectivity index (χ1) is 7.49. The molecule has 16 heavy (non-hydrogen) atoms. The lowest BCUT2D eigenvalue weighted by molar-refractivity contribution is -0.137. The number of fused-ring (bicyclic) bond motifs is 1. The molecule has 0 radical (unpaired) electrons. The molecule has 0 saturated heterocycles. The molecule has 1 aliphatic heterocycles. The van der Waals surface area contributed by atoms with Gasteiger partial charge in [-0.3, -0.25) is 9.36 Å². The number of hydrogen-bond donors (Lipinski definition) is 2. The maximum atomic E-state index is 11.6. The van der Waals surface area contributed by atoms with E-state index >= 15 is 0 Å². The van der Waals surface area contributed by atoms with Crippen molar-refractivity contribution < 1.29 is 9.90 Å². The first-order valence-corrected chi connectivity index (χ1v) is 5.40. The molecule has 1 aromatic rings. The number of imidazole rings is 1. The largest absolute Gasteiger partial charge is 0.480 e. The molecule has 2 heterocycles. The number of aromatic amines is 1. The van der Waals surface area contributed by atoms with Crippen molar-refractivity contribution in [1.29, 1.82) is 0 Å². The third-order valence-electron chi connectivity index (χ3n) is 2.33. The number of carboxylic acids is 1. The zero-order valence-corrected chi connectivity index (χ0v) is 10.1. The second-order valence-electron chi connectivity index (χ2n) is 3.59. The maximum absolute atomic E-state index is 11.6. The van der Waals surface area contributed by atoms with Crippen molar-refractivity contribution in [3.63, 3.8) is 0 Å². The Balaban J connectivity index is 2.56. The van der Waals surface area contributed by atoms with E-state index in [1.165, 1.54) is 4.57 Å². The Morgan fingerprint density at radius 1 is 1.69 bits per heavy atom. The van der Waals surface area contributed by atoms with Gasteiger partial charge in [-0.1, -0.05) is 15.9 Å². The normalized spacial score (nSPS) is 14.6. The number of aliphatic carboxylic acids is 1. The van der Waals surface area contributed by atoms with Gasteiger partial charge in [0.2, 0.25) is 0 Å². The van der Waals surface area contributed by atoms with Crippen LogP contribution < -0.4 is 10.6 Å². The third kappa shape index (κ3) is 1.78. The first-order valence-electron chi connectivity index (χ1n) is 4.61. The molecule has 0 unspecified atom stereocenters. The van der Waals surface area contributed by atoms with Gasteiger partial charge < -0.3 is 15.0 Å². The summed E-state index contributed by atoms with van der Waals surface area (Å²) < 4.78 is 2.15. The molecule has 6 nitrogen and oxygen atoms in total. The number of hydrogen-bond acceptors (Lipinski definition) is 3. The van der Waals surface area contributed by atoms with Crippen LogP contribution >= 0.6 is 15.9 Å². The minimum absolute atomic E-state index is 0.333. The molecule has 0 spiro atoms. The number of rotatable bonds is 2. The van der Waals surface area contributed by atoms with Gasteiger partial charge in [-0.05, 0) is 6.08 Å². The van der Waals surface area contributed by atoms with Crippen LogP contribution in [-0.4, -0.2) is 34.2 Å². The van der Waals surface area contributed by atoms with E-state index in [4.69, 9.17) is 5.11 Å². The molecule has 7 heteroatoms. The van der Waals surface area contributed by atoms with Crippen molar-refractivity contribution in [2.24, 2.45) is 0 Å². The van der Waals surface area contributed by atoms with Crippen molar-refractivity contribution in [2.45, 2.75) is 6.54 Å². The van der Waals surface area contributed by atoms with E-state index in [1.807, 2.05) is 4.90 Å². The molecule has 2 rings (SSSR count). The van der Waals surface area contributed by atoms with Crippen LogP contribution in [0.3, 0.4) is 0 Å². The summed E-state index contributed by atoms with van der Waals surface area (Å²) in [7, 11) is 1.80. The first kappa shape index (κ1) is 11.0. The highest BCUT2D eigenvalue weighted by Gasteiger charge is 2.22. The maximum Gasteiger partial charge on any atom is 0.328 e. The third-order valence-corrected chi connectivity index (χ3v) is 2.81. The number of nitrogens with one attached hydrogen (secondary N) is 1. The van der Waals surface area contributed by atoms with Gasteiger partial charge in [0, 0.05) is 11.5 Å². The summed E-state index contributed by atoms with van der Waals surface area (Å²) in [5.41, 5.74) is 0.226. The van der Waals surface area contributed by atoms with E-state index in [9.17, 15) is 9.59 Å². The highest BCUT2D eigenvalue weighted by atomic mass is 79.9. The number of halogens is 1. The Morgan fingerprint density at radius 2 is 2.38 bits per heavy atom. The standard InChI is InChI=1S/C9H10BrN3O3/c1-12-3-5(10)2-6-8(12)13(4-7(14)15)9(16)11-6/h2H,3-4H2,1H3,(H,11,16)(H,14,15). The summed E-state index contributed by atoms with van der Waals surface area (Å²) in [6.45, 7) is 0.282. The molecule has 0 atom stereocenters. The van der Waals surface area contributed by atoms with Gasteiger partial charge in [0.05, 0.1) is 12.2 Å². The smallest absolute Gasteiger partial charge is 0.328 e. The highest BCUT2D eigenvalue weighted by Crippen LogP contribution is 2.27. The van der Waals surface area contributed by atoms with Crippen LogP contribution in [0.25, 0.3) is 6.08 Å². The number of carboxylic acid groups (broad SMARTS) is 1. The summed E-state index contributed by atoms with van der Waals surface area (Å²) in [5, 5.41) is 8.73. The molecule has 0 aromatic carbocycles. The molecule has 86 valence electrons. The Kier molecular flexibility index (Phi) is 2.63. The predicted molar refractivity (Wildman–Crippen MR) is 62.9 cm³/mol. The van der Waals surface area contributed by atoms with E-state index in [2.05, 4.69) is 20.9 Å². The minimum Gasteiger partial charge on any atom is -0.480 e. The topological polar surface area (TPSA) is 78.3 Å². The SMILES string of the molecule is CN1CC(Br)=Cc2[nH]c(=O)n(CC(=O)O)c21. The number of H-pyrrole nitrogens is 1. The molecule has 0 bridgehead atoms. The fourth-order valence-electron chi connectivity index (χ4n) is 1.78. The lowest BCUT2D eigenvalue weighted by Gasteiger charge is -2.24. The summed E-state index contributed by atoms with van der Waals surface area (Å²) in [5.74, 6) is -0.429. The van der Waals surface area contributed by atoms with Crippen LogP contribution in [0.4, 0.5) is 5.82 Å². The summed E-state index contributed by atoms with van der Waals surface area (Å²) in [6, 6.07) is 0. The fourth-order valence-corrected chi connectivity index (χ4v) is 2.38. The summed E-state index contributed by atoms with van der Waals surface area (Å²) >= 11 is 3.36. The Bertz CT molecular complexity index is 529. The lowest BCUT2D eigenvalue weighted by atomic mass is 10.3. The van der Waals surface area contributed by atoms with Crippen LogP contribution in [0, 0.1) is 0 Å². The van der Waals surface area contributed by atoms with Gasteiger partial charge in [-0.2, -0.15) is 0 Å². The van der Waals surface area contributed by atoms with Gasteiger partial charge in [0.25, 0.3) is 0 Å². The molecule has 1 aliphatic rings. The summed E-state index contributed by atoms with van der Waals surface area (Å²) in [6.07, 6.45) is 1.79. The quantitative estimate of drug-likeness (QED) is 0.828. The van der Waals surface area contributed by atoms with Gasteiger partial charge >= 0.3 is 11.7 Å². The lowest BCUT2D eigenvalue weighted by Crippen LogP contribution is -2.29. The van der Waals surface area contributed by atoms with Gasteiger partial charge in [0.1, 0.15) is 12.4 Å². The van der Waals surface area contributed by atoms with Crippen LogP contribution in [0.1, 0.15) is 5.69 Å². The molecule has 0 amide bonds. The molecule has 0 saturated carbocycles. The summed E-state index contributed by atoms with van der Waals surface area (Å²) in [4.78, 5) is 26.7. The number of carbonyl (C=O) groups is 1. The van der Waals surface area contributed by atoms with E-state index in [-0.39, 0.29) is 6.54 Å². The zero-order chi connectivity index (χ0) is 11.9. The number of nitrogens with zero attached hydrogens (tertiary/aromatic N) is 2. The van der Waals surface area contributed by atoms with Crippen molar-refractivity contribution in [3.05, 3.63) is 20.7 Å². The molecular formula is C9H10BrN3O3. The molecular weight excluding hydrogens is 278 g/mol. The fraction of sp³-hybridized carbons (Fsp3) is 0.333. The number of likely N-dealkylation sites (N-methyl/N-ethyl adjacent to an activating group) is 1. The Morgan fingerprint density at radius 3 is 3.00 bits per heavy atom. The van der Waals surface area contributed by atoms with Crippen LogP contribution in [0.2, 0.25) is 0 Å². The van der Waals surface area contributed by atoms with E-state index in [0.717, 1.165) is 4.48 Å². The molecule has 0 aliphatic carbocycles. The molecule has 0 fully saturated rings. The van der Waals surface area contributed by atoms with E-state index < -0.39 is 11.7 Å².